The molecule has 2 nitrogen and oxygen atoms in total. The first-order valence-corrected chi connectivity index (χ1v) is 3.73. The summed E-state index contributed by atoms with van der Waals surface area (Å²) in [5.74, 6) is -4.28. The number of nitrogens with zero attached hydrogens (tertiary/aromatic N) is 1. The van der Waals surface area contributed by atoms with E-state index in [1.165, 1.54) is 6.92 Å². The largest absolute Gasteiger partial charge is 0.310 e. The fraction of sp³-hybridized carbons (Fsp3) is 0.222. The standard InChI is InChI=1S/C9H7F3N2/c1-9(14,4-13)5-2-6(10)8(12)7(11)3-5/h2-3H,14H2,1H3/t9-/m1/s1. The molecule has 74 valence electrons. The van der Waals surface area contributed by atoms with Gasteiger partial charge < -0.3 is 5.73 Å². The Kier molecular flexibility index (Phi) is 2.49. The van der Waals surface area contributed by atoms with E-state index < -0.39 is 23.0 Å². The van der Waals surface area contributed by atoms with E-state index in [9.17, 15) is 13.2 Å². The van der Waals surface area contributed by atoms with Crippen LogP contribution in [0, 0.1) is 28.8 Å². The second kappa shape index (κ2) is 3.31. The van der Waals surface area contributed by atoms with Crippen molar-refractivity contribution >= 4 is 0 Å². The van der Waals surface area contributed by atoms with E-state index in [0.29, 0.717) is 12.1 Å². The van der Waals surface area contributed by atoms with Crippen molar-refractivity contribution in [2.45, 2.75) is 12.5 Å². The van der Waals surface area contributed by atoms with Gasteiger partial charge in [-0.25, -0.2) is 13.2 Å². The maximum absolute atomic E-state index is 12.7. The fourth-order valence-corrected chi connectivity index (χ4v) is 0.920. The molecule has 2 N–H and O–H groups in total. The van der Waals surface area contributed by atoms with Gasteiger partial charge in [-0.15, -0.1) is 0 Å². The van der Waals surface area contributed by atoms with Crippen LogP contribution in [0.3, 0.4) is 0 Å². The monoisotopic (exact) mass is 200 g/mol. The van der Waals surface area contributed by atoms with Crippen molar-refractivity contribution in [2.24, 2.45) is 5.73 Å². The Hall–Kier alpha value is -1.54. The van der Waals surface area contributed by atoms with Gasteiger partial charge in [0.05, 0.1) is 6.07 Å². The average Bonchev–Trinajstić information content (AvgIpc) is 2.13. The maximum Gasteiger partial charge on any atom is 0.194 e. The van der Waals surface area contributed by atoms with Crippen LogP contribution in [0.1, 0.15) is 12.5 Å². The summed E-state index contributed by atoms with van der Waals surface area (Å²) in [4.78, 5) is 0. The second-order valence-electron chi connectivity index (χ2n) is 3.07. The Morgan fingerprint density at radius 3 is 2.07 bits per heavy atom. The van der Waals surface area contributed by atoms with Crippen LogP contribution >= 0.6 is 0 Å². The SMILES string of the molecule is C[C@@](N)(C#N)c1cc(F)c(F)c(F)c1. The van der Waals surface area contributed by atoms with Gasteiger partial charge in [0.15, 0.2) is 17.5 Å². The molecule has 0 spiro atoms. The molecule has 1 rings (SSSR count). The van der Waals surface area contributed by atoms with Crippen molar-refractivity contribution < 1.29 is 13.2 Å². The van der Waals surface area contributed by atoms with Crippen molar-refractivity contribution in [3.8, 4) is 6.07 Å². The number of nitriles is 1. The van der Waals surface area contributed by atoms with E-state index in [1.807, 2.05) is 0 Å². The molecule has 0 amide bonds. The lowest BCUT2D eigenvalue weighted by Gasteiger charge is -2.15. The number of hydrogen-bond donors (Lipinski definition) is 1. The van der Waals surface area contributed by atoms with Gasteiger partial charge in [0, 0.05) is 0 Å². The highest BCUT2D eigenvalue weighted by atomic mass is 19.2. The number of hydrogen-bond acceptors (Lipinski definition) is 2. The van der Waals surface area contributed by atoms with Gasteiger partial charge in [-0.05, 0) is 24.6 Å². The molecule has 0 aromatic heterocycles. The molecule has 0 radical (unpaired) electrons. The van der Waals surface area contributed by atoms with Crippen LogP contribution in [0.25, 0.3) is 0 Å². The predicted molar refractivity (Wildman–Crippen MR) is 43.5 cm³/mol. The summed E-state index contributed by atoms with van der Waals surface area (Å²) in [6.07, 6.45) is 0. The maximum atomic E-state index is 12.7. The normalized spacial score (nSPS) is 14.6. The van der Waals surface area contributed by atoms with Crippen molar-refractivity contribution in [3.63, 3.8) is 0 Å². The van der Waals surface area contributed by atoms with Crippen molar-refractivity contribution in [1.29, 1.82) is 5.26 Å². The average molecular weight is 200 g/mol. The lowest BCUT2D eigenvalue weighted by atomic mass is 9.95. The molecule has 14 heavy (non-hydrogen) atoms. The first-order valence-electron chi connectivity index (χ1n) is 3.73. The lowest BCUT2D eigenvalue weighted by Crippen LogP contribution is -2.31. The van der Waals surface area contributed by atoms with Crippen LogP contribution in [-0.2, 0) is 5.54 Å². The van der Waals surface area contributed by atoms with Crippen LogP contribution in [0.5, 0.6) is 0 Å². The van der Waals surface area contributed by atoms with Crippen molar-refractivity contribution in [2.75, 3.05) is 0 Å². The van der Waals surface area contributed by atoms with Gasteiger partial charge in [0.2, 0.25) is 0 Å². The first kappa shape index (κ1) is 10.5. The first-order chi connectivity index (χ1) is 6.38. The third-order valence-electron chi connectivity index (χ3n) is 1.82. The van der Waals surface area contributed by atoms with Crippen molar-refractivity contribution in [1.82, 2.24) is 0 Å². The highest BCUT2D eigenvalue weighted by Crippen LogP contribution is 2.21. The number of rotatable bonds is 1. The van der Waals surface area contributed by atoms with E-state index in [1.54, 1.807) is 6.07 Å². The van der Waals surface area contributed by atoms with Gasteiger partial charge in [-0.2, -0.15) is 5.26 Å². The highest BCUT2D eigenvalue weighted by Gasteiger charge is 2.23. The molecule has 0 saturated carbocycles. The molecule has 5 heteroatoms. The molecule has 0 aliphatic heterocycles. The molecule has 0 fully saturated rings. The predicted octanol–water partition coefficient (Wildman–Crippen LogP) is 1.80. The van der Waals surface area contributed by atoms with E-state index in [4.69, 9.17) is 11.0 Å². The van der Waals surface area contributed by atoms with Crippen LogP contribution in [-0.4, -0.2) is 0 Å². The van der Waals surface area contributed by atoms with Gasteiger partial charge in [-0.3, -0.25) is 0 Å². The molecule has 1 aromatic carbocycles. The molecular formula is C9H7F3N2. The second-order valence-corrected chi connectivity index (χ2v) is 3.07. The minimum absolute atomic E-state index is 0.101. The van der Waals surface area contributed by atoms with Crippen LogP contribution in [0.4, 0.5) is 13.2 Å². The molecule has 0 bridgehead atoms. The molecule has 0 heterocycles. The fourth-order valence-electron chi connectivity index (χ4n) is 0.920. The molecular weight excluding hydrogens is 193 g/mol. The Balaban J connectivity index is 3.35. The van der Waals surface area contributed by atoms with Crippen molar-refractivity contribution in [3.05, 3.63) is 35.1 Å². The number of benzene rings is 1. The number of nitrogens with two attached hydrogens (primary N) is 1. The Labute approximate surface area is 78.8 Å². The third-order valence-corrected chi connectivity index (χ3v) is 1.82. The Bertz CT molecular complexity index is 384. The quantitative estimate of drug-likeness (QED) is 0.702. The summed E-state index contributed by atoms with van der Waals surface area (Å²) in [7, 11) is 0. The van der Waals surface area contributed by atoms with E-state index in [0.717, 1.165) is 0 Å². The Morgan fingerprint density at radius 2 is 1.71 bits per heavy atom. The number of halogens is 3. The summed E-state index contributed by atoms with van der Waals surface area (Å²) in [5, 5.41) is 8.58. The lowest BCUT2D eigenvalue weighted by molar-refractivity contribution is 0.441. The summed E-state index contributed by atoms with van der Waals surface area (Å²) in [5.41, 5.74) is 3.78. The minimum Gasteiger partial charge on any atom is -0.310 e. The molecule has 0 aliphatic rings. The summed E-state index contributed by atoms with van der Waals surface area (Å²) < 4.78 is 38.0. The van der Waals surface area contributed by atoms with Gasteiger partial charge >= 0.3 is 0 Å². The highest BCUT2D eigenvalue weighted by molar-refractivity contribution is 5.31. The molecule has 1 atom stereocenters. The zero-order valence-corrected chi connectivity index (χ0v) is 7.31. The van der Waals surface area contributed by atoms with E-state index in [2.05, 4.69) is 0 Å². The van der Waals surface area contributed by atoms with Crippen LogP contribution < -0.4 is 5.73 Å². The molecule has 0 unspecified atom stereocenters. The molecule has 0 aliphatic carbocycles. The summed E-state index contributed by atoms with van der Waals surface area (Å²) >= 11 is 0. The topological polar surface area (TPSA) is 49.8 Å². The zero-order valence-electron chi connectivity index (χ0n) is 7.31. The smallest absolute Gasteiger partial charge is 0.194 e. The van der Waals surface area contributed by atoms with Gasteiger partial charge in [-0.1, -0.05) is 0 Å². The van der Waals surface area contributed by atoms with E-state index >= 15 is 0 Å². The van der Waals surface area contributed by atoms with Crippen LogP contribution in [0.2, 0.25) is 0 Å². The summed E-state index contributed by atoms with van der Waals surface area (Å²) in [6, 6.07) is 3.07. The van der Waals surface area contributed by atoms with E-state index in [-0.39, 0.29) is 5.56 Å². The minimum atomic E-state index is -1.57. The zero-order chi connectivity index (χ0) is 10.9. The Morgan fingerprint density at radius 1 is 1.29 bits per heavy atom. The summed E-state index contributed by atoms with van der Waals surface area (Å²) in [6.45, 7) is 1.28. The van der Waals surface area contributed by atoms with Gasteiger partial charge in [0.25, 0.3) is 0 Å². The van der Waals surface area contributed by atoms with Crippen LogP contribution in [0.15, 0.2) is 12.1 Å². The molecule has 0 saturated heterocycles. The third kappa shape index (κ3) is 1.70. The van der Waals surface area contributed by atoms with Gasteiger partial charge in [0.1, 0.15) is 5.54 Å². The molecule has 1 aromatic rings.